The van der Waals surface area contributed by atoms with Crippen LogP contribution in [-0.2, 0) is 11.3 Å². The number of benzene rings is 3. The molecule has 0 radical (unpaired) electrons. The van der Waals surface area contributed by atoms with Crippen LogP contribution in [0.3, 0.4) is 0 Å². The van der Waals surface area contributed by atoms with Gasteiger partial charge in [0.1, 0.15) is 5.75 Å². The number of fused-ring (bicyclic) bond motifs is 1. The number of nitrogens with one attached hydrogen (secondary N) is 1. The van der Waals surface area contributed by atoms with E-state index in [9.17, 15) is 9.59 Å². The Balaban J connectivity index is 1.50. The van der Waals surface area contributed by atoms with E-state index in [0.29, 0.717) is 17.9 Å². The van der Waals surface area contributed by atoms with E-state index < -0.39 is 0 Å². The van der Waals surface area contributed by atoms with Crippen LogP contribution in [0.15, 0.2) is 66.7 Å². The average molecular weight is 386 g/mol. The van der Waals surface area contributed by atoms with Crippen molar-refractivity contribution in [1.29, 1.82) is 0 Å². The Hall–Kier alpha value is -3.60. The quantitative estimate of drug-likeness (QED) is 0.719. The monoisotopic (exact) mass is 386 g/mol. The summed E-state index contributed by atoms with van der Waals surface area (Å²) in [6.45, 7) is 4.41. The van der Waals surface area contributed by atoms with E-state index in [1.165, 1.54) is 0 Å². The van der Waals surface area contributed by atoms with Crippen molar-refractivity contribution in [3.63, 3.8) is 0 Å². The zero-order valence-electron chi connectivity index (χ0n) is 16.4. The van der Waals surface area contributed by atoms with Gasteiger partial charge in [-0.1, -0.05) is 42.5 Å². The number of hydrogen-bond acceptors (Lipinski definition) is 3. The van der Waals surface area contributed by atoms with Crippen molar-refractivity contribution < 1.29 is 14.3 Å². The molecular formula is C24H22N2O3. The molecule has 0 aliphatic carbocycles. The molecule has 0 spiro atoms. The van der Waals surface area contributed by atoms with Gasteiger partial charge in [0.25, 0.3) is 11.8 Å². The van der Waals surface area contributed by atoms with Crippen LogP contribution in [0.2, 0.25) is 0 Å². The van der Waals surface area contributed by atoms with Gasteiger partial charge < -0.3 is 15.0 Å². The van der Waals surface area contributed by atoms with Crippen LogP contribution in [0.25, 0.3) is 0 Å². The molecule has 5 heteroatoms. The Morgan fingerprint density at radius 3 is 2.38 bits per heavy atom. The molecule has 3 aromatic rings. The van der Waals surface area contributed by atoms with Gasteiger partial charge in [0.05, 0.1) is 12.2 Å². The Morgan fingerprint density at radius 2 is 1.66 bits per heavy atom. The fourth-order valence-corrected chi connectivity index (χ4v) is 3.47. The molecule has 0 saturated carbocycles. The first-order chi connectivity index (χ1) is 14.0. The molecule has 0 fully saturated rings. The molecule has 29 heavy (non-hydrogen) atoms. The summed E-state index contributed by atoms with van der Waals surface area (Å²) in [5, 5.41) is 3.00. The average Bonchev–Trinajstić information content (AvgIpc) is 2.73. The lowest BCUT2D eigenvalue weighted by atomic mass is 10.1. The first-order valence-corrected chi connectivity index (χ1v) is 9.51. The second-order valence-electron chi connectivity index (χ2n) is 7.15. The Morgan fingerprint density at radius 1 is 0.966 bits per heavy atom. The summed E-state index contributed by atoms with van der Waals surface area (Å²) in [7, 11) is 0. The standard InChI is InChI=1S/C24H22N2O3/c1-16-6-5-7-17(2)23(16)25-24(28)19-12-10-18(11-13-19)14-26-20-8-3-4-9-21(20)29-15-22(26)27/h3-13H,14-15H2,1-2H3,(H,25,28). The predicted molar refractivity (Wildman–Crippen MR) is 113 cm³/mol. The van der Waals surface area contributed by atoms with E-state index in [4.69, 9.17) is 4.74 Å². The maximum Gasteiger partial charge on any atom is 0.265 e. The zero-order chi connectivity index (χ0) is 20.4. The van der Waals surface area contributed by atoms with Gasteiger partial charge in [0.15, 0.2) is 6.61 Å². The van der Waals surface area contributed by atoms with Crippen LogP contribution in [0.5, 0.6) is 5.75 Å². The van der Waals surface area contributed by atoms with Crippen LogP contribution in [-0.4, -0.2) is 18.4 Å². The fourth-order valence-electron chi connectivity index (χ4n) is 3.47. The summed E-state index contributed by atoms with van der Waals surface area (Å²) in [5.41, 5.74) is 5.18. The molecule has 1 aliphatic rings. The number of ether oxygens (including phenoxy) is 1. The van der Waals surface area contributed by atoms with Gasteiger partial charge in [-0.2, -0.15) is 0 Å². The molecule has 0 atom stereocenters. The number of carbonyl (C=O) groups excluding carboxylic acids is 2. The minimum atomic E-state index is -0.151. The van der Waals surface area contributed by atoms with Crippen LogP contribution >= 0.6 is 0 Å². The van der Waals surface area contributed by atoms with Crippen molar-refractivity contribution in [1.82, 2.24) is 0 Å². The first-order valence-electron chi connectivity index (χ1n) is 9.51. The summed E-state index contributed by atoms with van der Waals surface area (Å²) in [6, 6.07) is 20.8. The number of aryl methyl sites for hydroxylation is 2. The van der Waals surface area contributed by atoms with E-state index in [-0.39, 0.29) is 18.4 Å². The summed E-state index contributed by atoms with van der Waals surface area (Å²) in [6.07, 6.45) is 0. The summed E-state index contributed by atoms with van der Waals surface area (Å²) in [4.78, 5) is 26.7. The number of amides is 2. The van der Waals surface area contributed by atoms with Crippen LogP contribution in [0, 0.1) is 13.8 Å². The number of nitrogens with zero attached hydrogens (tertiary/aromatic N) is 1. The molecular weight excluding hydrogens is 364 g/mol. The third-order valence-electron chi connectivity index (χ3n) is 5.08. The lowest BCUT2D eigenvalue weighted by Gasteiger charge is -2.29. The lowest BCUT2D eigenvalue weighted by molar-refractivity contribution is -0.121. The lowest BCUT2D eigenvalue weighted by Crippen LogP contribution is -2.38. The van der Waals surface area contributed by atoms with E-state index in [0.717, 1.165) is 28.1 Å². The third kappa shape index (κ3) is 3.85. The number of para-hydroxylation sites is 3. The molecule has 2 amide bonds. The van der Waals surface area contributed by atoms with E-state index >= 15 is 0 Å². The molecule has 146 valence electrons. The van der Waals surface area contributed by atoms with Gasteiger partial charge in [0.2, 0.25) is 0 Å². The highest BCUT2D eigenvalue weighted by molar-refractivity contribution is 6.05. The molecule has 0 aromatic heterocycles. The second kappa shape index (κ2) is 7.80. The second-order valence-corrected chi connectivity index (χ2v) is 7.15. The molecule has 4 rings (SSSR count). The SMILES string of the molecule is Cc1cccc(C)c1NC(=O)c1ccc(CN2C(=O)COc3ccccc32)cc1. The first kappa shape index (κ1) is 18.7. The van der Waals surface area contributed by atoms with E-state index in [2.05, 4.69) is 5.32 Å². The zero-order valence-corrected chi connectivity index (χ0v) is 16.4. The Bertz CT molecular complexity index is 1050. The highest BCUT2D eigenvalue weighted by Gasteiger charge is 2.25. The smallest absolute Gasteiger partial charge is 0.265 e. The molecule has 1 heterocycles. The summed E-state index contributed by atoms with van der Waals surface area (Å²) in [5.74, 6) is 0.471. The number of anilines is 2. The summed E-state index contributed by atoms with van der Waals surface area (Å²) >= 11 is 0. The molecule has 0 unspecified atom stereocenters. The number of carbonyl (C=O) groups is 2. The maximum absolute atomic E-state index is 12.6. The third-order valence-corrected chi connectivity index (χ3v) is 5.08. The number of hydrogen-bond donors (Lipinski definition) is 1. The Labute approximate surface area is 169 Å². The molecule has 1 N–H and O–H groups in total. The van der Waals surface area contributed by atoms with Crippen molar-refractivity contribution in [2.75, 3.05) is 16.8 Å². The van der Waals surface area contributed by atoms with Crippen LogP contribution in [0.1, 0.15) is 27.0 Å². The Kier molecular flexibility index (Phi) is 5.04. The molecule has 3 aromatic carbocycles. The minimum absolute atomic E-state index is 0.0350. The number of rotatable bonds is 4. The molecule has 5 nitrogen and oxygen atoms in total. The minimum Gasteiger partial charge on any atom is -0.482 e. The van der Waals surface area contributed by atoms with Gasteiger partial charge in [-0.05, 0) is 54.8 Å². The normalized spacial score (nSPS) is 12.9. The van der Waals surface area contributed by atoms with Crippen molar-refractivity contribution in [2.24, 2.45) is 0 Å². The van der Waals surface area contributed by atoms with Crippen molar-refractivity contribution in [3.8, 4) is 5.75 Å². The van der Waals surface area contributed by atoms with Gasteiger partial charge in [0, 0.05) is 11.3 Å². The van der Waals surface area contributed by atoms with Gasteiger partial charge in [-0.15, -0.1) is 0 Å². The predicted octanol–water partition coefficient (Wildman–Crippen LogP) is 4.48. The molecule has 0 bridgehead atoms. The highest BCUT2D eigenvalue weighted by atomic mass is 16.5. The van der Waals surface area contributed by atoms with Gasteiger partial charge in [-0.3, -0.25) is 9.59 Å². The van der Waals surface area contributed by atoms with Gasteiger partial charge in [-0.25, -0.2) is 0 Å². The van der Waals surface area contributed by atoms with E-state index in [1.807, 2.05) is 68.4 Å². The molecule has 0 saturated heterocycles. The van der Waals surface area contributed by atoms with Crippen molar-refractivity contribution >= 4 is 23.2 Å². The van der Waals surface area contributed by atoms with Crippen molar-refractivity contribution in [2.45, 2.75) is 20.4 Å². The van der Waals surface area contributed by atoms with Crippen LogP contribution < -0.4 is 15.0 Å². The molecule has 1 aliphatic heterocycles. The van der Waals surface area contributed by atoms with Crippen molar-refractivity contribution in [3.05, 3.63) is 89.0 Å². The van der Waals surface area contributed by atoms with Gasteiger partial charge >= 0.3 is 0 Å². The van der Waals surface area contributed by atoms with Crippen LogP contribution in [0.4, 0.5) is 11.4 Å². The summed E-state index contributed by atoms with van der Waals surface area (Å²) < 4.78 is 5.49. The highest BCUT2D eigenvalue weighted by Crippen LogP contribution is 2.32. The largest absolute Gasteiger partial charge is 0.482 e. The topological polar surface area (TPSA) is 58.6 Å². The van der Waals surface area contributed by atoms with E-state index in [1.54, 1.807) is 17.0 Å². The maximum atomic E-state index is 12.6. The fraction of sp³-hybridized carbons (Fsp3) is 0.167.